The number of hydrogen-bond donors (Lipinski definition) is 2. The average Bonchev–Trinajstić information content (AvgIpc) is 2.70. The van der Waals surface area contributed by atoms with Crippen LogP contribution in [-0.2, 0) is 7.05 Å². The summed E-state index contributed by atoms with van der Waals surface area (Å²) in [6.07, 6.45) is 2.84. The van der Waals surface area contributed by atoms with E-state index in [1.165, 1.54) is 6.33 Å². The molecule has 7 heteroatoms. The van der Waals surface area contributed by atoms with Crippen LogP contribution in [0.3, 0.4) is 0 Å². The van der Waals surface area contributed by atoms with E-state index in [-0.39, 0.29) is 17.1 Å². The molecule has 0 fully saturated rings. The van der Waals surface area contributed by atoms with Gasteiger partial charge in [0.2, 0.25) is 0 Å². The highest BCUT2D eigenvalue weighted by Gasteiger charge is 2.46. The van der Waals surface area contributed by atoms with Crippen LogP contribution in [-0.4, -0.2) is 46.8 Å². The number of unbranched alkanes of at least 4 members (excludes halogenated alkanes) is 1. The van der Waals surface area contributed by atoms with E-state index in [0.29, 0.717) is 30.9 Å². The zero-order chi connectivity index (χ0) is 13.3. The first kappa shape index (κ1) is 12.7. The van der Waals surface area contributed by atoms with Crippen LogP contribution >= 0.6 is 0 Å². The molecule has 0 radical (unpaired) electrons. The number of amides is 3. The Hall–Kier alpha value is -1.73. The summed E-state index contributed by atoms with van der Waals surface area (Å²) in [6, 6.07) is -0.371. The summed E-state index contributed by atoms with van der Waals surface area (Å²) >= 11 is 0. The van der Waals surface area contributed by atoms with E-state index in [9.17, 15) is 9.59 Å². The van der Waals surface area contributed by atoms with Crippen molar-refractivity contribution in [3.05, 3.63) is 12.0 Å². The second kappa shape index (κ2) is 4.51. The predicted octanol–water partition coefficient (Wildman–Crippen LogP) is -0.00690. The zero-order valence-corrected chi connectivity index (χ0v) is 10.5. The van der Waals surface area contributed by atoms with Gasteiger partial charge in [0.05, 0.1) is 13.6 Å². The lowest BCUT2D eigenvalue weighted by atomic mass is 10.2. The number of nitrogens with zero attached hydrogens (tertiary/aromatic N) is 3. The van der Waals surface area contributed by atoms with Gasteiger partial charge in [-0.15, -0.1) is 0 Å². The fourth-order valence-electron chi connectivity index (χ4n) is 2.16. The van der Waals surface area contributed by atoms with Crippen molar-refractivity contribution in [2.45, 2.75) is 12.8 Å². The summed E-state index contributed by atoms with van der Waals surface area (Å²) < 4.78 is 1.56. The number of fused-ring (bicyclic) bond motifs is 1. The van der Waals surface area contributed by atoms with Gasteiger partial charge in [-0.25, -0.2) is 10.1 Å². The largest absolute Gasteiger partial charge is 0.429 e. The van der Waals surface area contributed by atoms with E-state index < -0.39 is 5.91 Å². The van der Waals surface area contributed by atoms with E-state index in [2.05, 4.69) is 10.3 Å². The van der Waals surface area contributed by atoms with Gasteiger partial charge in [-0.05, 0) is 12.8 Å². The molecule has 0 saturated heterocycles. The maximum Gasteiger partial charge on any atom is 0.429 e. The van der Waals surface area contributed by atoms with Crippen LogP contribution < -0.4 is 9.80 Å². The lowest BCUT2D eigenvalue weighted by molar-refractivity contribution is 0.0930. The highest BCUT2D eigenvalue weighted by molar-refractivity contribution is 6.13. The molecule has 0 spiro atoms. The van der Waals surface area contributed by atoms with Crippen molar-refractivity contribution >= 4 is 17.8 Å². The molecule has 1 aliphatic heterocycles. The molecule has 0 bridgehead atoms. The minimum atomic E-state index is -0.409. The van der Waals surface area contributed by atoms with E-state index in [1.807, 2.05) is 0 Å². The summed E-state index contributed by atoms with van der Waals surface area (Å²) in [7, 11) is 3.45. The minimum Gasteiger partial charge on any atom is -0.396 e. The maximum atomic E-state index is 12.0. The number of aromatic nitrogens is 2. The number of urea groups is 1. The van der Waals surface area contributed by atoms with Crippen LogP contribution in [0.5, 0.6) is 0 Å². The summed E-state index contributed by atoms with van der Waals surface area (Å²) in [4.78, 5) is 28.0. The molecule has 7 nitrogen and oxygen atoms in total. The molecule has 1 atom stereocenters. The number of aliphatic hydroxyl groups is 1. The van der Waals surface area contributed by atoms with Crippen molar-refractivity contribution in [3.8, 4) is 0 Å². The number of aryl methyl sites for hydroxylation is 1. The molecule has 2 rings (SSSR count). The van der Waals surface area contributed by atoms with Gasteiger partial charge in [-0.3, -0.25) is 4.79 Å². The van der Waals surface area contributed by atoms with Crippen molar-refractivity contribution in [3.63, 3.8) is 0 Å². The number of imidazole rings is 1. The number of rotatable bonds is 4. The van der Waals surface area contributed by atoms with Gasteiger partial charge in [0.1, 0.15) is 6.33 Å². The quantitative estimate of drug-likeness (QED) is 0.584. The maximum absolute atomic E-state index is 12.0. The Morgan fingerprint density at radius 2 is 2.17 bits per heavy atom. The average molecular weight is 253 g/mol. The number of hydrogen-bond acceptors (Lipinski definition) is 4. The van der Waals surface area contributed by atoms with Crippen LogP contribution in [0.1, 0.15) is 23.3 Å². The van der Waals surface area contributed by atoms with Crippen LogP contribution in [0, 0.1) is 0 Å². The Labute approximate surface area is 105 Å². The first-order chi connectivity index (χ1) is 8.50. The highest BCUT2D eigenvalue weighted by Crippen LogP contribution is 2.28. The standard InChI is InChI=1S/C11H16N4O3/c1-14-7-12-9-8(14)10(17)13-11(18)15(9,2)5-3-4-6-16/h7,16H,3-6H2,1-2H3/p+1. The lowest BCUT2D eigenvalue weighted by Gasteiger charge is -2.32. The van der Waals surface area contributed by atoms with E-state index in [0.717, 1.165) is 0 Å². The van der Waals surface area contributed by atoms with Gasteiger partial charge < -0.3 is 9.67 Å². The molecule has 98 valence electrons. The van der Waals surface area contributed by atoms with Crippen LogP contribution in [0.25, 0.3) is 0 Å². The van der Waals surface area contributed by atoms with Crippen molar-refractivity contribution in [2.24, 2.45) is 7.05 Å². The first-order valence-corrected chi connectivity index (χ1v) is 5.85. The highest BCUT2D eigenvalue weighted by atomic mass is 16.3. The number of imide groups is 1. The molecule has 1 aliphatic rings. The summed E-state index contributed by atoms with van der Waals surface area (Å²) in [6.45, 7) is 0.597. The molecule has 18 heavy (non-hydrogen) atoms. The fraction of sp³-hybridized carbons (Fsp3) is 0.545. The normalized spacial score (nSPS) is 22.8. The van der Waals surface area contributed by atoms with Crippen LogP contribution in [0.2, 0.25) is 0 Å². The molecular formula is C11H17N4O3+. The number of quaternary nitrogens is 1. The molecule has 1 aromatic rings. The molecular weight excluding hydrogens is 236 g/mol. The van der Waals surface area contributed by atoms with E-state index in [1.54, 1.807) is 18.7 Å². The first-order valence-electron chi connectivity index (χ1n) is 5.85. The third-order valence-corrected chi connectivity index (χ3v) is 3.28. The smallest absolute Gasteiger partial charge is 0.396 e. The van der Waals surface area contributed by atoms with Crippen LogP contribution in [0.4, 0.5) is 10.6 Å². The monoisotopic (exact) mass is 253 g/mol. The van der Waals surface area contributed by atoms with E-state index in [4.69, 9.17) is 5.11 Å². The van der Waals surface area contributed by atoms with Gasteiger partial charge in [0.25, 0.3) is 11.7 Å². The molecule has 0 aromatic carbocycles. The van der Waals surface area contributed by atoms with Gasteiger partial charge in [-0.2, -0.15) is 9.47 Å². The van der Waals surface area contributed by atoms with Crippen molar-refractivity contribution in [1.29, 1.82) is 0 Å². The Balaban J connectivity index is 2.37. The molecule has 3 amide bonds. The Kier molecular flexibility index (Phi) is 3.18. The molecule has 1 unspecified atom stereocenters. The van der Waals surface area contributed by atoms with Gasteiger partial charge >= 0.3 is 6.03 Å². The van der Waals surface area contributed by atoms with Crippen LogP contribution in [0.15, 0.2) is 6.33 Å². The lowest BCUT2D eigenvalue weighted by Crippen LogP contribution is -2.61. The Morgan fingerprint density at radius 1 is 1.44 bits per heavy atom. The second-order valence-electron chi connectivity index (χ2n) is 4.63. The summed E-state index contributed by atoms with van der Waals surface area (Å²) in [5.41, 5.74) is 0.418. The molecule has 0 saturated carbocycles. The number of carbonyl (C=O) groups excluding carboxylic acids is 2. The van der Waals surface area contributed by atoms with Gasteiger partial charge in [-0.1, -0.05) is 0 Å². The topological polar surface area (TPSA) is 84.2 Å². The predicted molar refractivity (Wildman–Crippen MR) is 65.0 cm³/mol. The number of aliphatic hydroxyl groups excluding tert-OH is 1. The zero-order valence-electron chi connectivity index (χ0n) is 10.5. The minimum absolute atomic E-state index is 0.0537. The SMILES string of the molecule is Cn1cnc2c1C(=O)NC(=O)[N+]2(C)CCCCO. The van der Waals surface area contributed by atoms with Crippen molar-refractivity contribution < 1.29 is 14.7 Å². The van der Waals surface area contributed by atoms with Gasteiger partial charge in [0.15, 0.2) is 5.69 Å². The third kappa shape index (κ3) is 1.81. The molecule has 2 N–H and O–H groups in total. The fourth-order valence-corrected chi connectivity index (χ4v) is 2.16. The van der Waals surface area contributed by atoms with Crippen molar-refractivity contribution in [2.75, 3.05) is 20.2 Å². The van der Waals surface area contributed by atoms with Gasteiger partial charge in [0, 0.05) is 13.7 Å². The van der Waals surface area contributed by atoms with E-state index >= 15 is 0 Å². The molecule has 1 aromatic heterocycles. The summed E-state index contributed by atoms with van der Waals surface area (Å²) in [5.74, 6) is 0.0666. The Bertz CT molecular complexity index is 496. The second-order valence-corrected chi connectivity index (χ2v) is 4.63. The number of nitrogens with one attached hydrogen (secondary N) is 1. The third-order valence-electron chi connectivity index (χ3n) is 3.28. The molecule has 0 aliphatic carbocycles. The summed E-state index contributed by atoms with van der Waals surface area (Å²) in [5, 5.41) is 11.2. The Morgan fingerprint density at radius 3 is 2.83 bits per heavy atom. The van der Waals surface area contributed by atoms with Crippen molar-refractivity contribution in [1.82, 2.24) is 19.4 Å². The molecule has 2 heterocycles. The number of carbonyl (C=O) groups is 2.